The fourth-order valence-electron chi connectivity index (χ4n) is 4.01. The molecule has 0 aliphatic rings. The van der Waals surface area contributed by atoms with E-state index < -0.39 is 97.5 Å². The fraction of sp³-hybridized carbons (Fsp3) is 0.167. The minimum atomic E-state index is -5.53. The number of benzene rings is 3. The van der Waals surface area contributed by atoms with Crippen molar-refractivity contribution in [2.45, 2.75) is 22.7 Å². The molecule has 1 N–H and O–H groups in total. The van der Waals surface area contributed by atoms with Gasteiger partial charge in [-0.25, -0.2) is 23.3 Å². The molecule has 4 aromatic rings. The number of nitrogens with zero attached hydrogens (tertiary/aromatic N) is 3. The first kappa shape index (κ1) is 37.7. The summed E-state index contributed by atoms with van der Waals surface area (Å²) in [7, 11) is -4.06. The number of nitrogens with one attached hydrogen (secondary N) is 1. The molecular formula is C30H18Cl2F6N4O7S. The molecule has 0 fully saturated rings. The lowest BCUT2D eigenvalue weighted by molar-refractivity contribution is -0.137. The Labute approximate surface area is 289 Å². The number of carbonyl (C=O) groups excluding carboxylic acids is 3. The number of aromatic nitrogens is 2. The van der Waals surface area contributed by atoms with Crippen molar-refractivity contribution in [3.8, 4) is 11.8 Å². The van der Waals surface area contributed by atoms with Crippen LogP contribution in [0.15, 0.2) is 77.7 Å². The van der Waals surface area contributed by atoms with Crippen molar-refractivity contribution in [3.05, 3.63) is 105 Å². The van der Waals surface area contributed by atoms with Gasteiger partial charge in [-0.3, -0.25) is 5.32 Å². The molecule has 3 aromatic carbocycles. The van der Waals surface area contributed by atoms with Crippen LogP contribution in [0.25, 0.3) is 5.69 Å². The summed E-state index contributed by atoms with van der Waals surface area (Å²) in [6, 6.07) is 16.9. The van der Waals surface area contributed by atoms with Crippen LogP contribution in [0.1, 0.15) is 32.0 Å². The Morgan fingerprint density at radius 1 is 0.880 bits per heavy atom. The van der Waals surface area contributed by atoms with Gasteiger partial charge in [-0.15, -0.1) is 0 Å². The highest BCUT2D eigenvalue weighted by Crippen LogP contribution is 2.41. The van der Waals surface area contributed by atoms with Gasteiger partial charge in [0.05, 0.1) is 26.7 Å². The molecule has 20 heteroatoms. The van der Waals surface area contributed by atoms with Gasteiger partial charge in [-0.1, -0.05) is 59.6 Å². The molecule has 2 atom stereocenters. The average molecular weight is 763 g/mol. The number of nitriles is 1. The van der Waals surface area contributed by atoms with Gasteiger partial charge in [-0.2, -0.15) is 36.7 Å². The van der Waals surface area contributed by atoms with E-state index in [0.717, 1.165) is 0 Å². The number of hydrogen-bond donors (Lipinski definition) is 1. The lowest BCUT2D eigenvalue weighted by atomic mass is 10.2. The molecule has 0 radical (unpaired) electrons. The minimum absolute atomic E-state index is 0.0499. The number of anilines is 1. The lowest BCUT2D eigenvalue weighted by Crippen LogP contribution is -2.32. The van der Waals surface area contributed by atoms with E-state index in [-0.39, 0.29) is 15.8 Å². The molecule has 0 saturated heterocycles. The van der Waals surface area contributed by atoms with Gasteiger partial charge in [0.2, 0.25) is 0 Å². The van der Waals surface area contributed by atoms with Crippen LogP contribution in [0.2, 0.25) is 10.0 Å². The van der Waals surface area contributed by atoms with Gasteiger partial charge < -0.3 is 14.2 Å². The smallest absolute Gasteiger partial charge is 0.458 e. The van der Waals surface area contributed by atoms with Crippen LogP contribution in [0, 0.1) is 11.3 Å². The van der Waals surface area contributed by atoms with Crippen molar-refractivity contribution < 1.29 is 59.1 Å². The molecule has 4 rings (SSSR count). The molecule has 11 nitrogen and oxygen atoms in total. The largest absolute Gasteiger partial charge is 0.476 e. The number of halogens is 8. The number of rotatable bonds is 10. The molecule has 0 aliphatic heterocycles. The SMILES string of the molecule is N#Cc1nn(-c2c(Cl)cc(C(F)(F)F)cc2Cl)c(NC(=O)OCC(COC(=O)c2ccccc2)OC(=O)c2ccccc2)c1S(=O)C(F)(F)F. The van der Waals surface area contributed by atoms with Crippen LogP contribution in [-0.4, -0.2) is 56.8 Å². The first-order chi connectivity index (χ1) is 23.5. The number of amides is 1. The van der Waals surface area contributed by atoms with E-state index in [1.807, 2.05) is 5.32 Å². The van der Waals surface area contributed by atoms with Crippen molar-refractivity contribution in [1.82, 2.24) is 9.78 Å². The summed E-state index contributed by atoms with van der Waals surface area (Å²) >= 11 is 12.0. The molecule has 0 saturated carbocycles. The normalized spacial score (nSPS) is 12.7. The molecule has 0 bridgehead atoms. The van der Waals surface area contributed by atoms with Gasteiger partial charge in [0, 0.05) is 0 Å². The second-order valence-corrected chi connectivity index (χ2v) is 11.9. The first-order valence-electron chi connectivity index (χ1n) is 13.5. The van der Waals surface area contributed by atoms with E-state index >= 15 is 0 Å². The van der Waals surface area contributed by atoms with Gasteiger partial charge in [0.15, 0.2) is 28.4 Å². The second kappa shape index (κ2) is 15.6. The van der Waals surface area contributed by atoms with Crippen molar-refractivity contribution in [3.63, 3.8) is 0 Å². The maximum atomic E-state index is 13.7. The summed E-state index contributed by atoms with van der Waals surface area (Å²) in [4.78, 5) is 36.8. The predicted molar refractivity (Wildman–Crippen MR) is 163 cm³/mol. The Balaban J connectivity index is 1.66. The third kappa shape index (κ3) is 9.11. The van der Waals surface area contributed by atoms with Crippen molar-refractivity contribution >= 4 is 57.9 Å². The standard InChI is InChI=1S/C30H18Cl2F6N4O7S/c31-20-11-18(29(33,34)35)12-21(32)23(20)42-25(24(22(13-39)41-42)50(46)30(36,37)38)40-28(45)48-15-19(49-27(44)17-9-5-2-6-10-17)14-47-26(43)16-7-3-1-4-8-16/h1-12,19H,14-15H2,(H,40,45). The van der Waals surface area contributed by atoms with Crippen molar-refractivity contribution in [1.29, 1.82) is 5.26 Å². The maximum Gasteiger partial charge on any atom is 0.476 e. The number of esters is 2. The number of ether oxygens (including phenoxy) is 3. The summed E-state index contributed by atoms with van der Waals surface area (Å²) in [6.45, 7) is -1.58. The van der Waals surface area contributed by atoms with Gasteiger partial charge in [-0.05, 0) is 36.4 Å². The molecule has 2 unspecified atom stereocenters. The zero-order valence-electron chi connectivity index (χ0n) is 24.6. The molecule has 50 heavy (non-hydrogen) atoms. The van der Waals surface area contributed by atoms with Crippen LogP contribution < -0.4 is 5.32 Å². The molecule has 0 aliphatic carbocycles. The van der Waals surface area contributed by atoms with Crippen LogP contribution in [-0.2, 0) is 31.2 Å². The second-order valence-electron chi connectivity index (χ2n) is 9.63. The minimum Gasteiger partial charge on any atom is -0.458 e. The summed E-state index contributed by atoms with van der Waals surface area (Å²) in [6.07, 6.45) is -8.11. The molecule has 0 spiro atoms. The Morgan fingerprint density at radius 2 is 1.40 bits per heavy atom. The van der Waals surface area contributed by atoms with Crippen LogP contribution in [0.3, 0.4) is 0 Å². The fourth-order valence-corrected chi connectivity index (χ4v) is 5.46. The quantitative estimate of drug-likeness (QED) is 0.0996. The molecule has 1 amide bonds. The highest BCUT2D eigenvalue weighted by atomic mass is 35.5. The summed E-state index contributed by atoms with van der Waals surface area (Å²) < 4.78 is 109. The highest BCUT2D eigenvalue weighted by Gasteiger charge is 2.44. The van der Waals surface area contributed by atoms with Gasteiger partial charge >= 0.3 is 29.7 Å². The Kier molecular flexibility index (Phi) is 11.8. The summed E-state index contributed by atoms with van der Waals surface area (Å²) in [5.41, 5.74) is -8.64. The van der Waals surface area contributed by atoms with E-state index in [1.165, 1.54) is 42.5 Å². The van der Waals surface area contributed by atoms with Crippen LogP contribution in [0.5, 0.6) is 0 Å². The van der Waals surface area contributed by atoms with Gasteiger partial charge in [0.1, 0.15) is 29.9 Å². The third-order valence-electron chi connectivity index (χ3n) is 6.21. The van der Waals surface area contributed by atoms with Crippen molar-refractivity contribution in [2.24, 2.45) is 0 Å². The van der Waals surface area contributed by atoms with Gasteiger partial charge in [0.25, 0.3) is 0 Å². The Hall–Kier alpha value is -5.12. The maximum absolute atomic E-state index is 13.7. The van der Waals surface area contributed by atoms with Crippen LogP contribution in [0.4, 0.5) is 37.0 Å². The third-order valence-corrected chi connectivity index (χ3v) is 7.97. The predicted octanol–water partition coefficient (Wildman–Crippen LogP) is 7.33. The first-order valence-corrected chi connectivity index (χ1v) is 15.4. The molecule has 262 valence electrons. The summed E-state index contributed by atoms with van der Waals surface area (Å²) in [5.74, 6) is -2.96. The van der Waals surface area contributed by atoms with E-state index in [2.05, 4.69) is 5.10 Å². The Bertz CT molecular complexity index is 1950. The topological polar surface area (TPSA) is 150 Å². The van der Waals surface area contributed by atoms with E-state index in [0.29, 0.717) is 12.1 Å². The van der Waals surface area contributed by atoms with Crippen LogP contribution >= 0.6 is 23.2 Å². The molecule has 1 aromatic heterocycles. The monoisotopic (exact) mass is 762 g/mol. The number of hydrogen-bond acceptors (Lipinski definition) is 9. The number of carbonyl (C=O) groups is 3. The number of alkyl halides is 6. The van der Waals surface area contributed by atoms with Crippen molar-refractivity contribution in [2.75, 3.05) is 18.5 Å². The summed E-state index contributed by atoms with van der Waals surface area (Å²) in [5, 5.41) is 13.2. The zero-order chi connectivity index (χ0) is 36.8. The molecule has 1 heterocycles. The van der Waals surface area contributed by atoms with E-state index in [4.69, 9.17) is 37.4 Å². The Morgan fingerprint density at radius 3 is 1.90 bits per heavy atom. The lowest BCUT2D eigenvalue weighted by Gasteiger charge is -2.19. The molecular weight excluding hydrogens is 745 g/mol. The average Bonchev–Trinajstić information content (AvgIpc) is 3.41. The van der Waals surface area contributed by atoms with E-state index in [1.54, 1.807) is 24.3 Å². The zero-order valence-corrected chi connectivity index (χ0v) is 26.9. The highest BCUT2D eigenvalue weighted by molar-refractivity contribution is 7.86. The van der Waals surface area contributed by atoms with E-state index in [9.17, 15) is 50.2 Å².